The predicted molar refractivity (Wildman–Crippen MR) is 188 cm³/mol. The monoisotopic (exact) mass is 681 g/mol. The molecular weight excluding hydrogens is 608 g/mol. The van der Waals surface area contributed by atoms with E-state index in [-0.39, 0.29) is 48.8 Å². The lowest BCUT2D eigenvalue weighted by molar-refractivity contribution is -0.165. The lowest BCUT2D eigenvalue weighted by Crippen LogP contribution is -2.55. The Morgan fingerprint density at radius 3 is 0.458 bits per heavy atom. The minimum absolute atomic E-state index is 0.166. The lowest BCUT2D eigenvalue weighted by atomic mass is 9.55. The zero-order chi connectivity index (χ0) is 34.9. The average molecular weight is 681 g/mol. The van der Waals surface area contributed by atoms with Crippen LogP contribution in [0.1, 0.15) is 79.1 Å². The largest absolute Gasteiger partial charge is 0.381 e. The van der Waals surface area contributed by atoms with Crippen molar-refractivity contribution in [3.63, 3.8) is 0 Å². The molecule has 0 aromatic heterocycles. The summed E-state index contributed by atoms with van der Waals surface area (Å²) in [7, 11) is 15.3. The maximum Gasteiger partial charge on any atom is 0.0627 e. The van der Waals surface area contributed by atoms with Gasteiger partial charge in [0.2, 0.25) is 0 Å². The Labute approximate surface area is 293 Å². The minimum atomic E-state index is 0.166. The van der Waals surface area contributed by atoms with Crippen molar-refractivity contribution >= 4 is 0 Å². The molecule has 8 bridgehead atoms. The fourth-order valence-corrected chi connectivity index (χ4v) is 12.6. The summed E-state index contributed by atoms with van der Waals surface area (Å²) >= 11 is 0. The van der Waals surface area contributed by atoms with Crippen molar-refractivity contribution in [2.75, 3.05) is 56.9 Å². The van der Waals surface area contributed by atoms with Gasteiger partial charge in [-0.05, 0) is 96.7 Å². The second kappa shape index (κ2) is 17.0. The molecule has 0 saturated heterocycles. The van der Waals surface area contributed by atoms with E-state index in [9.17, 15) is 0 Å². The lowest BCUT2D eigenvalue weighted by Gasteiger charge is -2.55. The van der Waals surface area contributed by atoms with Gasteiger partial charge in [-0.1, -0.05) is 27.7 Å². The maximum absolute atomic E-state index is 6.34. The van der Waals surface area contributed by atoms with E-state index in [1.807, 2.05) is 56.9 Å². The van der Waals surface area contributed by atoms with Crippen molar-refractivity contribution in [2.45, 2.75) is 128 Å². The quantitative estimate of drug-likeness (QED) is 0.278. The standard InChI is InChI=1S/C40H72O8/c1-21-25-13-27(35(43-7)17-33(25)41-5)22(2)29-15-31(39(47-11)19-37(29)45-9)24(4)32-16-30(38(46-10)20-40(32)48-12)23(3)28-14-26(21)34(42-6)18-36(28)44-8/h21-40H,13-20H2,1-12H3. The van der Waals surface area contributed by atoms with Crippen LogP contribution in [0.25, 0.3) is 0 Å². The van der Waals surface area contributed by atoms with Crippen LogP contribution >= 0.6 is 0 Å². The number of ether oxygens (including phenoxy) is 8. The Balaban J connectivity index is 1.62. The highest BCUT2D eigenvalue weighted by Crippen LogP contribution is 2.54. The van der Waals surface area contributed by atoms with E-state index >= 15 is 0 Å². The summed E-state index contributed by atoms with van der Waals surface area (Å²) in [4.78, 5) is 0. The molecule has 8 heteroatoms. The molecule has 5 aliphatic carbocycles. The topological polar surface area (TPSA) is 73.8 Å². The molecule has 5 rings (SSSR count). The van der Waals surface area contributed by atoms with Gasteiger partial charge in [-0.25, -0.2) is 0 Å². The summed E-state index contributed by atoms with van der Waals surface area (Å²) < 4.78 is 50.8. The van der Waals surface area contributed by atoms with Crippen LogP contribution in [0.15, 0.2) is 0 Å². The summed E-state index contributed by atoms with van der Waals surface area (Å²) in [5.41, 5.74) is 0. The Morgan fingerprint density at radius 2 is 0.354 bits per heavy atom. The molecule has 16 unspecified atom stereocenters. The van der Waals surface area contributed by atoms with E-state index < -0.39 is 0 Å². The van der Waals surface area contributed by atoms with Gasteiger partial charge in [0.1, 0.15) is 0 Å². The Kier molecular flexibility index (Phi) is 13.8. The van der Waals surface area contributed by atoms with Crippen LogP contribution < -0.4 is 0 Å². The number of hydrogen-bond acceptors (Lipinski definition) is 8. The SMILES string of the molecule is COC1CC(OC)C2CC1C(C)C1CC(C(OC)CC1OC)C(C)C1CC(C(OC)CC1OC)C(C)C1CC(C(OC)CC1OC)C2C. The van der Waals surface area contributed by atoms with Crippen molar-refractivity contribution in [3.05, 3.63) is 0 Å². The molecule has 5 aliphatic rings. The molecule has 8 nitrogen and oxygen atoms in total. The number of hydrogen-bond donors (Lipinski definition) is 0. The first-order valence-electron chi connectivity index (χ1n) is 19.3. The van der Waals surface area contributed by atoms with Crippen LogP contribution in [0.3, 0.4) is 0 Å². The van der Waals surface area contributed by atoms with Crippen LogP contribution in [-0.2, 0) is 37.9 Å². The summed E-state index contributed by atoms with van der Waals surface area (Å²) in [5, 5.41) is 0. The smallest absolute Gasteiger partial charge is 0.0627 e. The fourth-order valence-electron chi connectivity index (χ4n) is 12.6. The van der Waals surface area contributed by atoms with Gasteiger partial charge >= 0.3 is 0 Å². The summed E-state index contributed by atoms with van der Waals surface area (Å²) in [6, 6.07) is 0. The van der Waals surface area contributed by atoms with E-state index in [1.165, 1.54) is 0 Å². The van der Waals surface area contributed by atoms with Gasteiger partial charge in [-0.15, -0.1) is 0 Å². The zero-order valence-corrected chi connectivity index (χ0v) is 32.5. The van der Waals surface area contributed by atoms with E-state index in [2.05, 4.69) is 27.7 Å². The van der Waals surface area contributed by atoms with Crippen LogP contribution in [0.2, 0.25) is 0 Å². The van der Waals surface area contributed by atoms with Crippen LogP contribution in [0, 0.1) is 71.0 Å². The molecule has 0 spiro atoms. The first-order chi connectivity index (χ1) is 23.1. The first kappa shape index (κ1) is 38.9. The molecule has 16 atom stereocenters. The second-order valence-electron chi connectivity index (χ2n) is 16.8. The van der Waals surface area contributed by atoms with Gasteiger partial charge in [0, 0.05) is 82.6 Å². The number of methoxy groups -OCH3 is 8. The number of fused-ring (bicyclic) bond motifs is 8. The molecule has 0 heterocycles. The third-order valence-electron chi connectivity index (χ3n) is 15.7. The van der Waals surface area contributed by atoms with E-state index in [0.717, 1.165) is 51.4 Å². The molecule has 0 radical (unpaired) electrons. The van der Waals surface area contributed by atoms with Gasteiger partial charge < -0.3 is 37.9 Å². The van der Waals surface area contributed by atoms with Gasteiger partial charge in [0.05, 0.1) is 48.8 Å². The predicted octanol–water partition coefficient (Wildman–Crippen LogP) is 6.77. The minimum Gasteiger partial charge on any atom is -0.381 e. The van der Waals surface area contributed by atoms with Crippen LogP contribution in [0.5, 0.6) is 0 Å². The van der Waals surface area contributed by atoms with E-state index in [0.29, 0.717) is 71.0 Å². The van der Waals surface area contributed by atoms with Crippen molar-refractivity contribution in [2.24, 2.45) is 71.0 Å². The van der Waals surface area contributed by atoms with E-state index in [1.54, 1.807) is 0 Å². The van der Waals surface area contributed by atoms with E-state index in [4.69, 9.17) is 37.9 Å². The summed E-state index contributed by atoms with van der Waals surface area (Å²) in [6.45, 7) is 9.99. The zero-order valence-electron chi connectivity index (χ0n) is 32.5. The summed E-state index contributed by atoms with van der Waals surface area (Å²) in [6.07, 6.45) is 9.46. The van der Waals surface area contributed by atoms with Gasteiger partial charge in [-0.2, -0.15) is 0 Å². The van der Waals surface area contributed by atoms with Crippen molar-refractivity contribution < 1.29 is 37.9 Å². The Hall–Kier alpha value is -0.320. The van der Waals surface area contributed by atoms with Crippen LogP contribution in [0.4, 0.5) is 0 Å². The third kappa shape index (κ3) is 7.31. The Bertz CT molecular complexity index is 765. The van der Waals surface area contributed by atoms with Crippen molar-refractivity contribution in [3.8, 4) is 0 Å². The maximum atomic E-state index is 6.34. The van der Waals surface area contributed by atoms with Crippen LogP contribution in [-0.4, -0.2) is 106 Å². The Morgan fingerprint density at radius 1 is 0.229 bits per heavy atom. The third-order valence-corrected chi connectivity index (χ3v) is 15.7. The molecule has 5 fully saturated rings. The van der Waals surface area contributed by atoms with Crippen molar-refractivity contribution in [1.82, 2.24) is 0 Å². The fraction of sp³-hybridized carbons (Fsp3) is 1.00. The van der Waals surface area contributed by atoms with Gasteiger partial charge in [-0.3, -0.25) is 0 Å². The molecule has 0 aromatic rings. The second-order valence-corrected chi connectivity index (χ2v) is 16.8. The molecule has 5 saturated carbocycles. The highest BCUT2D eigenvalue weighted by Gasteiger charge is 2.54. The molecule has 0 amide bonds. The number of rotatable bonds is 8. The highest BCUT2D eigenvalue weighted by molar-refractivity contribution is 5.03. The van der Waals surface area contributed by atoms with Crippen molar-refractivity contribution in [1.29, 1.82) is 0 Å². The normalized spacial score (nSPS) is 51.8. The molecule has 280 valence electrons. The average Bonchev–Trinajstić information content (AvgIpc) is 3.13. The van der Waals surface area contributed by atoms with Gasteiger partial charge in [0.15, 0.2) is 0 Å². The molecule has 0 N–H and O–H groups in total. The molecular formula is C40H72O8. The molecule has 0 aromatic carbocycles. The summed E-state index contributed by atoms with van der Waals surface area (Å²) in [5.74, 6) is 5.21. The molecule has 48 heavy (non-hydrogen) atoms. The van der Waals surface area contributed by atoms with Gasteiger partial charge in [0.25, 0.3) is 0 Å². The molecule has 0 aliphatic heterocycles. The first-order valence-corrected chi connectivity index (χ1v) is 19.3. The highest BCUT2D eigenvalue weighted by atomic mass is 16.5.